The van der Waals surface area contributed by atoms with Crippen LogP contribution in [0.25, 0.3) is 0 Å². The Bertz CT molecular complexity index is 1170. The zero-order valence-corrected chi connectivity index (χ0v) is 21.9. The normalized spacial score (nSPS) is 13.8. The number of nitrogens with zero attached hydrogens (tertiary/aromatic N) is 1. The lowest BCUT2D eigenvalue weighted by Crippen LogP contribution is -2.38. The van der Waals surface area contributed by atoms with Crippen molar-refractivity contribution in [1.29, 1.82) is 0 Å². The van der Waals surface area contributed by atoms with E-state index in [9.17, 15) is 4.79 Å². The Morgan fingerprint density at radius 1 is 1.00 bits per heavy atom. The maximum atomic E-state index is 12.5. The zero-order chi connectivity index (χ0) is 25.3. The van der Waals surface area contributed by atoms with Gasteiger partial charge in [-0.1, -0.05) is 67.7 Å². The summed E-state index contributed by atoms with van der Waals surface area (Å²) in [5.74, 6) is 1.56. The lowest BCUT2D eigenvalue weighted by atomic mass is 9.90. The molecule has 0 aromatic heterocycles. The third kappa shape index (κ3) is 6.64. The second-order valence-electron chi connectivity index (χ2n) is 9.14. The first kappa shape index (κ1) is 25.7. The molecule has 0 radical (unpaired) electrons. The summed E-state index contributed by atoms with van der Waals surface area (Å²) < 4.78 is 11.4. The van der Waals surface area contributed by atoms with Gasteiger partial charge in [0.25, 0.3) is 5.91 Å². The van der Waals surface area contributed by atoms with Gasteiger partial charge in [0.1, 0.15) is 4.99 Å². The molecule has 5 nitrogen and oxygen atoms in total. The van der Waals surface area contributed by atoms with E-state index in [4.69, 9.17) is 21.7 Å². The largest absolute Gasteiger partial charge is 0.493 e. The van der Waals surface area contributed by atoms with Crippen molar-refractivity contribution >= 4 is 28.8 Å². The lowest BCUT2D eigenvalue weighted by Gasteiger charge is -2.34. The summed E-state index contributed by atoms with van der Waals surface area (Å²) in [7, 11) is 1.60. The van der Waals surface area contributed by atoms with Crippen molar-refractivity contribution < 1.29 is 14.3 Å². The molecule has 0 bridgehead atoms. The summed E-state index contributed by atoms with van der Waals surface area (Å²) in [5.41, 5.74) is 4.23. The van der Waals surface area contributed by atoms with Crippen LogP contribution in [0, 0.1) is 5.92 Å². The van der Waals surface area contributed by atoms with Crippen LogP contribution in [0.1, 0.15) is 36.5 Å². The van der Waals surface area contributed by atoms with Gasteiger partial charge in [-0.3, -0.25) is 4.79 Å². The van der Waals surface area contributed by atoms with Crippen molar-refractivity contribution in [3.8, 4) is 11.5 Å². The Labute approximate surface area is 219 Å². The number of carbonyl (C=O) groups is 1. The maximum absolute atomic E-state index is 12.5. The monoisotopic (exact) mass is 502 g/mol. The van der Waals surface area contributed by atoms with Crippen molar-refractivity contribution in [1.82, 2.24) is 4.90 Å². The number of nitrogens with one attached hydrogen (secondary N) is 1. The van der Waals surface area contributed by atoms with Gasteiger partial charge in [-0.15, -0.1) is 0 Å². The second-order valence-corrected chi connectivity index (χ2v) is 9.53. The molecule has 0 atom stereocenters. The molecule has 0 aliphatic carbocycles. The summed E-state index contributed by atoms with van der Waals surface area (Å²) >= 11 is 5.83. The minimum Gasteiger partial charge on any atom is -0.493 e. The molecule has 1 aliphatic heterocycles. The van der Waals surface area contributed by atoms with Gasteiger partial charge < -0.3 is 19.7 Å². The maximum Gasteiger partial charge on any atom is 0.262 e. The Kier molecular flexibility index (Phi) is 8.95. The Morgan fingerprint density at radius 3 is 2.44 bits per heavy atom. The van der Waals surface area contributed by atoms with Crippen LogP contribution in [-0.2, 0) is 17.6 Å². The first-order chi connectivity index (χ1) is 17.6. The zero-order valence-electron chi connectivity index (χ0n) is 21.0. The highest BCUT2D eigenvalue weighted by molar-refractivity contribution is 7.80. The van der Waals surface area contributed by atoms with Gasteiger partial charge in [0, 0.05) is 24.3 Å². The van der Waals surface area contributed by atoms with Crippen molar-refractivity contribution in [3.63, 3.8) is 0 Å². The van der Waals surface area contributed by atoms with E-state index in [2.05, 4.69) is 47.5 Å². The quantitative estimate of drug-likeness (QED) is 0.369. The molecular formula is C30H34N2O3S. The summed E-state index contributed by atoms with van der Waals surface area (Å²) in [6.45, 7) is 3.87. The number of para-hydroxylation sites is 1. The summed E-state index contributed by atoms with van der Waals surface area (Å²) in [5, 5.41) is 2.93. The topological polar surface area (TPSA) is 50.8 Å². The average molecular weight is 503 g/mol. The van der Waals surface area contributed by atoms with Crippen LogP contribution < -0.4 is 14.8 Å². The van der Waals surface area contributed by atoms with Crippen LogP contribution in [0.4, 0.5) is 5.69 Å². The van der Waals surface area contributed by atoms with E-state index in [1.54, 1.807) is 7.11 Å². The molecule has 1 saturated heterocycles. The van der Waals surface area contributed by atoms with Crippen LogP contribution in [0.15, 0.2) is 72.8 Å². The molecule has 3 aromatic carbocycles. The van der Waals surface area contributed by atoms with Gasteiger partial charge in [0.2, 0.25) is 0 Å². The predicted octanol–water partition coefficient (Wildman–Crippen LogP) is 5.91. The van der Waals surface area contributed by atoms with E-state index in [1.807, 2.05) is 42.5 Å². The first-order valence-electron chi connectivity index (χ1n) is 12.6. The van der Waals surface area contributed by atoms with E-state index < -0.39 is 0 Å². The molecule has 0 spiro atoms. The third-order valence-corrected chi connectivity index (χ3v) is 7.20. The van der Waals surface area contributed by atoms with Gasteiger partial charge in [-0.05, 0) is 67.0 Å². The number of benzene rings is 3. The van der Waals surface area contributed by atoms with Crippen molar-refractivity contribution in [2.75, 3.05) is 32.1 Å². The minimum absolute atomic E-state index is 0.104. The number of anilines is 1. The van der Waals surface area contributed by atoms with E-state index in [0.29, 0.717) is 17.4 Å². The number of piperidine rings is 1. The molecule has 4 rings (SSSR count). The van der Waals surface area contributed by atoms with E-state index in [1.165, 1.54) is 5.56 Å². The smallest absolute Gasteiger partial charge is 0.262 e. The second kappa shape index (κ2) is 12.5. The summed E-state index contributed by atoms with van der Waals surface area (Å²) in [6, 6.07) is 24.2. The number of rotatable bonds is 9. The van der Waals surface area contributed by atoms with Crippen LogP contribution in [0.3, 0.4) is 0 Å². The van der Waals surface area contributed by atoms with Gasteiger partial charge in [0.15, 0.2) is 18.1 Å². The summed E-state index contributed by atoms with van der Waals surface area (Å²) in [4.78, 5) is 15.6. The van der Waals surface area contributed by atoms with E-state index in [0.717, 1.165) is 60.6 Å². The fourth-order valence-corrected chi connectivity index (χ4v) is 4.98. The van der Waals surface area contributed by atoms with Crippen LogP contribution in [0.5, 0.6) is 11.5 Å². The van der Waals surface area contributed by atoms with Gasteiger partial charge >= 0.3 is 0 Å². The van der Waals surface area contributed by atoms with E-state index >= 15 is 0 Å². The molecule has 1 fully saturated rings. The molecule has 0 saturated carbocycles. The van der Waals surface area contributed by atoms with Gasteiger partial charge in [0.05, 0.1) is 7.11 Å². The van der Waals surface area contributed by atoms with Gasteiger partial charge in [-0.2, -0.15) is 0 Å². The standard InChI is InChI=1S/C30H34N2O3S/c1-3-24-11-7-8-12-26(24)31-29(33)21-35-27-14-13-25(20-28(27)34-2)30(36)32-17-15-23(16-18-32)19-22-9-5-4-6-10-22/h4-14,20,23H,3,15-19,21H2,1-2H3,(H,31,33). The SMILES string of the molecule is CCc1ccccc1NC(=O)COc1ccc(C(=S)N2CCC(Cc3ccccc3)CC2)cc1OC. The number of ether oxygens (including phenoxy) is 2. The predicted molar refractivity (Wildman–Crippen MR) is 149 cm³/mol. The molecular weight excluding hydrogens is 468 g/mol. The molecule has 1 N–H and O–H groups in total. The van der Waals surface area contributed by atoms with Crippen LogP contribution in [0.2, 0.25) is 0 Å². The third-order valence-electron chi connectivity index (χ3n) is 6.71. The van der Waals surface area contributed by atoms with Crippen LogP contribution >= 0.6 is 12.2 Å². The Morgan fingerprint density at radius 2 is 1.72 bits per heavy atom. The number of hydrogen-bond acceptors (Lipinski definition) is 4. The fraction of sp³-hybridized carbons (Fsp3) is 0.333. The lowest BCUT2D eigenvalue weighted by molar-refractivity contribution is -0.118. The molecule has 3 aromatic rings. The highest BCUT2D eigenvalue weighted by Crippen LogP contribution is 2.30. The highest BCUT2D eigenvalue weighted by Gasteiger charge is 2.22. The average Bonchev–Trinajstić information content (AvgIpc) is 2.92. The summed E-state index contributed by atoms with van der Waals surface area (Å²) in [6.07, 6.45) is 4.23. The Balaban J connectivity index is 1.31. The number of methoxy groups -OCH3 is 1. The number of thiocarbonyl (C=S) groups is 1. The van der Waals surface area contributed by atoms with Crippen molar-refractivity contribution in [3.05, 3.63) is 89.5 Å². The molecule has 1 aliphatic rings. The van der Waals surface area contributed by atoms with Gasteiger partial charge in [-0.25, -0.2) is 0 Å². The molecule has 188 valence electrons. The molecule has 36 heavy (non-hydrogen) atoms. The molecule has 1 heterocycles. The number of aryl methyl sites for hydroxylation is 1. The highest BCUT2D eigenvalue weighted by atomic mass is 32.1. The van der Waals surface area contributed by atoms with E-state index in [-0.39, 0.29) is 12.5 Å². The number of likely N-dealkylation sites (tertiary alicyclic amines) is 1. The number of amides is 1. The van der Waals surface area contributed by atoms with Crippen LogP contribution in [-0.4, -0.2) is 42.6 Å². The number of hydrogen-bond donors (Lipinski definition) is 1. The molecule has 0 unspecified atom stereocenters. The minimum atomic E-state index is -0.212. The van der Waals surface area contributed by atoms with Crippen molar-refractivity contribution in [2.45, 2.75) is 32.6 Å². The number of carbonyl (C=O) groups excluding carboxylic acids is 1. The Hall–Kier alpha value is -3.38. The molecule has 6 heteroatoms. The molecule has 1 amide bonds. The fourth-order valence-electron chi connectivity index (χ4n) is 4.67. The van der Waals surface area contributed by atoms with Crippen molar-refractivity contribution in [2.24, 2.45) is 5.92 Å². The first-order valence-corrected chi connectivity index (χ1v) is 13.0.